The van der Waals surface area contributed by atoms with Gasteiger partial charge < -0.3 is 9.64 Å². The van der Waals surface area contributed by atoms with Crippen molar-refractivity contribution in [2.75, 3.05) is 13.2 Å². The Bertz CT molecular complexity index is 855. The van der Waals surface area contributed by atoms with Crippen LogP contribution in [0.15, 0.2) is 24.3 Å². The molecule has 1 fully saturated rings. The minimum Gasteiger partial charge on any atom is -0.452 e. The molecule has 1 saturated heterocycles. The molecule has 1 aromatic carbocycles. The van der Waals surface area contributed by atoms with Crippen LogP contribution in [0.4, 0.5) is 0 Å². The highest BCUT2D eigenvalue weighted by Gasteiger charge is 2.26. The quantitative estimate of drug-likeness (QED) is 0.742. The van der Waals surface area contributed by atoms with E-state index in [1.807, 2.05) is 30.4 Å². The Labute approximate surface area is 166 Å². The second-order valence-corrected chi connectivity index (χ2v) is 7.70. The van der Waals surface area contributed by atoms with E-state index in [9.17, 15) is 9.59 Å². The minimum absolute atomic E-state index is 0.122. The van der Waals surface area contributed by atoms with Gasteiger partial charge in [0.05, 0.1) is 17.9 Å². The zero-order valence-corrected chi connectivity index (χ0v) is 17.2. The molecule has 0 radical (unpaired) electrons. The summed E-state index contributed by atoms with van der Waals surface area (Å²) in [5.41, 5.74) is 4.14. The lowest BCUT2D eigenvalue weighted by molar-refractivity contribution is -0.137. The zero-order chi connectivity index (χ0) is 20.3. The average molecular weight is 383 g/mol. The van der Waals surface area contributed by atoms with Crippen molar-refractivity contribution in [1.29, 1.82) is 0 Å². The summed E-state index contributed by atoms with van der Waals surface area (Å²) in [4.78, 5) is 26.9. The molecule has 1 amide bonds. The molecule has 2 heterocycles. The standard InChI is InChI=1S/C22H29N3O3/c1-15-8-10-19(11-9-15)13-25-18(4)21(17(3)23-25)22(27)28-14-20(26)24-12-6-5-7-16(24)2/h8-11,16H,5-7,12-14H2,1-4H3/t16-/m1/s1. The van der Waals surface area contributed by atoms with Crippen molar-refractivity contribution in [3.8, 4) is 0 Å². The fourth-order valence-electron chi connectivity index (χ4n) is 3.76. The summed E-state index contributed by atoms with van der Waals surface area (Å²) in [5, 5.41) is 4.50. The second kappa shape index (κ2) is 8.59. The molecule has 150 valence electrons. The van der Waals surface area contributed by atoms with Crippen molar-refractivity contribution in [2.45, 2.75) is 59.5 Å². The predicted octanol–water partition coefficient (Wildman–Crippen LogP) is 3.41. The van der Waals surface area contributed by atoms with E-state index in [2.05, 4.69) is 29.4 Å². The Morgan fingerprint density at radius 1 is 1.14 bits per heavy atom. The SMILES string of the molecule is Cc1ccc(Cn2nc(C)c(C(=O)OCC(=O)N3CCCC[C@H]3C)c2C)cc1. The summed E-state index contributed by atoms with van der Waals surface area (Å²) in [7, 11) is 0. The maximum absolute atomic E-state index is 12.6. The Hall–Kier alpha value is -2.63. The number of aromatic nitrogens is 2. The van der Waals surface area contributed by atoms with Crippen LogP contribution >= 0.6 is 0 Å². The Morgan fingerprint density at radius 2 is 1.86 bits per heavy atom. The number of carbonyl (C=O) groups is 2. The summed E-state index contributed by atoms with van der Waals surface area (Å²) in [6, 6.07) is 8.44. The molecule has 2 aromatic rings. The van der Waals surface area contributed by atoms with Crippen LogP contribution in [-0.4, -0.2) is 45.8 Å². The molecule has 1 aliphatic heterocycles. The van der Waals surface area contributed by atoms with Crippen LogP contribution < -0.4 is 0 Å². The van der Waals surface area contributed by atoms with Gasteiger partial charge in [-0.15, -0.1) is 0 Å². The number of rotatable bonds is 5. The van der Waals surface area contributed by atoms with Crippen molar-refractivity contribution in [2.24, 2.45) is 0 Å². The molecule has 0 aliphatic carbocycles. The zero-order valence-electron chi connectivity index (χ0n) is 17.2. The number of amides is 1. The highest BCUT2D eigenvalue weighted by atomic mass is 16.5. The maximum atomic E-state index is 12.6. The Balaban J connectivity index is 1.65. The van der Waals surface area contributed by atoms with Gasteiger partial charge >= 0.3 is 5.97 Å². The van der Waals surface area contributed by atoms with Crippen molar-refractivity contribution in [3.05, 3.63) is 52.3 Å². The number of hydrogen-bond acceptors (Lipinski definition) is 4. The number of benzene rings is 1. The predicted molar refractivity (Wildman–Crippen MR) is 107 cm³/mol. The van der Waals surface area contributed by atoms with E-state index in [-0.39, 0.29) is 18.6 Å². The molecular formula is C22H29N3O3. The summed E-state index contributed by atoms with van der Waals surface area (Å²) < 4.78 is 7.16. The molecular weight excluding hydrogens is 354 g/mol. The number of aryl methyl sites for hydroxylation is 2. The van der Waals surface area contributed by atoms with E-state index < -0.39 is 5.97 Å². The number of piperidine rings is 1. The lowest BCUT2D eigenvalue weighted by atomic mass is 10.0. The van der Waals surface area contributed by atoms with Gasteiger partial charge in [-0.1, -0.05) is 29.8 Å². The van der Waals surface area contributed by atoms with Crippen molar-refractivity contribution in [1.82, 2.24) is 14.7 Å². The van der Waals surface area contributed by atoms with E-state index >= 15 is 0 Å². The number of nitrogens with zero attached hydrogens (tertiary/aromatic N) is 3. The van der Waals surface area contributed by atoms with Crippen LogP contribution in [0.25, 0.3) is 0 Å². The number of ether oxygens (including phenoxy) is 1. The molecule has 28 heavy (non-hydrogen) atoms. The molecule has 1 aliphatic rings. The minimum atomic E-state index is -0.483. The fraction of sp³-hybridized carbons (Fsp3) is 0.500. The first-order valence-electron chi connectivity index (χ1n) is 9.93. The molecule has 1 aromatic heterocycles. The van der Waals surface area contributed by atoms with Gasteiger partial charge in [0.15, 0.2) is 6.61 Å². The fourth-order valence-corrected chi connectivity index (χ4v) is 3.76. The number of esters is 1. The van der Waals surface area contributed by atoms with Crippen LogP contribution in [0, 0.1) is 20.8 Å². The topological polar surface area (TPSA) is 64.4 Å². The highest BCUT2D eigenvalue weighted by Crippen LogP contribution is 2.18. The van der Waals surface area contributed by atoms with Gasteiger partial charge in [-0.3, -0.25) is 9.48 Å². The Morgan fingerprint density at radius 3 is 2.54 bits per heavy atom. The van der Waals surface area contributed by atoms with Crippen molar-refractivity contribution in [3.63, 3.8) is 0 Å². The van der Waals surface area contributed by atoms with E-state index in [0.29, 0.717) is 17.8 Å². The third-order valence-electron chi connectivity index (χ3n) is 5.49. The van der Waals surface area contributed by atoms with E-state index in [0.717, 1.165) is 37.1 Å². The van der Waals surface area contributed by atoms with Crippen molar-refractivity contribution >= 4 is 11.9 Å². The Kier molecular flexibility index (Phi) is 6.17. The lowest BCUT2D eigenvalue weighted by Crippen LogP contribution is -2.44. The summed E-state index contributed by atoms with van der Waals surface area (Å²) in [6.45, 7) is 8.86. The van der Waals surface area contributed by atoms with Crippen LogP contribution in [0.3, 0.4) is 0 Å². The molecule has 0 N–H and O–H groups in total. The molecule has 0 saturated carbocycles. The van der Waals surface area contributed by atoms with Gasteiger partial charge in [0.25, 0.3) is 5.91 Å². The highest BCUT2D eigenvalue weighted by molar-refractivity contribution is 5.93. The molecule has 0 unspecified atom stereocenters. The smallest absolute Gasteiger partial charge is 0.342 e. The molecule has 6 nitrogen and oxygen atoms in total. The molecule has 6 heteroatoms. The van der Waals surface area contributed by atoms with Gasteiger partial charge in [0, 0.05) is 12.6 Å². The van der Waals surface area contributed by atoms with Crippen molar-refractivity contribution < 1.29 is 14.3 Å². The van der Waals surface area contributed by atoms with E-state index in [1.165, 1.54) is 5.56 Å². The first kappa shape index (κ1) is 20.1. The third kappa shape index (κ3) is 4.43. The first-order valence-corrected chi connectivity index (χ1v) is 9.93. The third-order valence-corrected chi connectivity index (χ3v) is 5.49. The van der Waals surface area contributed by atoms with Crippen LogP contribution in [0.5, 0.6) is 0 Å². The summed E-state index contributed by atoms with van der Waals surface area (Å²) in [6.07, 6.45) is 3.15. The number of carbonyl (C=O) groups excluding carboxylic acids is 2. The summed E-state index contributed by atoms with van der Waals surface area (Å²) >= 11 is 0. The summed E-state index contributed by atoms with van der Waals surface area (Å²) in [5.74, 6) is -0.605. The van der Waals surface area contributed by atoms with Crippen LogP contribution in [0.2, 0.25) is 0 Å². The molecule has 3 rings (SSSR count). The van der Waals surface area contributed by atoms with Gasteiger partial charge in [-0.2, -0.15) is 5.10 Å². The van der Waals surface area contributed by atoms with Crippen LogP contribution in [0.1, 0.15) is 59.1 Å². The largest absolute Gasteiger partial charge is 0.452 e. The number of likely N-dealkylation sites (tertiary alicyclic amines) is 1. The van der Waals surface area contributed by atoms with Crippen LogP contribution in [-0.2, 0) is 16.1 Å². The normalized spacial score (nSPS) is 16.9. The van der Waals surface area contributed by atoms with E-state index in [4.69, 9.17) is 4.74 Å². The van der Waals surface area contributed by atoms with Gasteiger partial charge in [-0.25, -0.2) is 4.79 Å². The first-order chi connectivity index (χ1) is 13.4. The lowest BCUT2D eigenvalue weighted by Gasteiger charge is -2.33. The maximum Gasteiger partial charge on any atom is 0.342 e. The van der Waals surface area contributed by atoms with E-state index in [1.54, 1.807) is 6.92 Å². The molecule has 0 bridgehead atoms. The average Bonchev–Trinajstić information content (AvgIpc) is 2.95. The van der Waals surface area contributed by atoms with Gasteiger partial charge in [0.1, 0.15) is 5.56 Å². The molecule has 1 atom stereocenters. The number of hydrogen-bond donors (Lipinski definition) is 0. The van der Waals surface area contributed by atoms with Gasteiger partial charge in [0.2, 0.25) is 0 Å². The molecule has 0 spiro atoms. The van der Waals surface area contributed by atoms with Gasteiger partial charge in [-0.05, 0) is 52.5 Å². The monoisotopic (exact) mass is 383 g/mol. The second-order valence-electron chi connectivity index (χ2n) is 7.70.